The number of hydrogen-bond acceptors (Lipinski definition) is 3. The predicted molar refractivity (Wildman–Crippen MR) is 81.2 cm³/mol. The third-order valence-electron chi connectivity index (χ3n) is 3.86. The highest BCUT2D eigenvalue weighted by molar-refractivity contribution is 5.89. The second-order valence-corrected chi connectivity index (χ2v) is 5.24. The van der Waals surface area contributed by atoms with Gasteiger partial charge in [-0.3, -0.25) is 0 Å². The predicted octanol–water partition coefficient (Wildman–Crippen LogP) is 2.97. The summed E-state index contributed by atoms with van der Waals surface area (Å²) in [6.45, 7) is 0. The van der Waals surface area contributed by atoms with E-state index in [9.17, 15) is 4.79 Å². The number of fused-ring (bicyclic) bond motifs is 1. The lowest BCUT2D eigenvalue weighted by molar-refractivity contribution is 0.0697. The molecule has 0 bridgehead atoms. The van der Waals surface area contributed by atoms with Gasteiger partial charge in [0.25, 0.3) is 0 Å². The molecule has 0 atom stereocenters. The van der Waals surface area contributed by atoms with Crippen LogP contribution in [0.4, 0.5) is 5.69 Å². The van der Waals surface area contributed by atoms with Gasteiger partial charge in [0.15, 0.2) is 0 Å². The number of ether oxygens (including phenoxy) is 1. The number of nitrogens with one attached hydrogen (secondary N) is 1. The zero-order valence-electron chi connectivity index (χ0n) is 11.8. The van der Waals surface area contributed by atoms with Gasteiger partial charge in [-0.1, -0.05) is 24.3 Å². The standard InChI is InChI=1S/C17H17NO3/c1-21-16-7-6-13(17(19)20)10-15(16)18-14-8-11-4-2-3-5-12(11)9-14/h2-7,10,14,18H,8-9H2,1H3,(H,19,20). The fourth-order valence-electron chi connectivity index (χ4n) is 2.83. The molecule has 0 radical (unpaired) electrons. The molecule has 0 saturated carbocycles. The lowest BCUT2D eigenvalue weighted by atomic mass is 10.1. The molecule has 0 heterocycles. The summed E-state index contributed by atoms with van der Waals surface area (Å²) in [5, 5.41) is 12.5. The van der Waals surface area contributed by atoms with E-state index in [1.807, 2.05) is 12.1 Å². The monoisotopic (exact) mass is 283 g/mol. The molecular weight excluding hydrogens is 266 g/mol. The van der Waals surface area contributed by atoms with Gasteiger partial charge in [0.2, 0.25) is 0 Å². The maximum absolute atomic E-state index is 11.1. The third-order valence-corrected chi connectivity index (χ3v) is 3.86. The van der Waals surface area contributed by atoms with Gasteiger partial charge in [-0.2, -0.15) is 0 Å². The molecule has 0 spiro atoms. The molecule has 0 saturated heterocycles. The Bertz CT molecular complexity index is 656. The Hall–Kier alpha value is -2.49. The van der Waals surface area contributed by atoms with Crippen molar-refractivity contribution >= 4 is 11.7 Å². The van der Waals surface area contributed by atoms with E-state index >= 15 is 0 Å². The molecule has 4 nitrogen and oxygen atoms in total. The molecule has 1 aliphatic carbocycles. The van der Waals surface area contributed by atoms with Crippen LogP contribution in [0.2, 0.25) is 0 Å². The summed E-state index contributed by atoms with van der Waals surface area (Å²) in [4.78, 5) is 11.1. The number of rotatable bonds is 4. The zero-order valence-corrected chi connectivity index (χ0v) is 11.8. The number of aromatic carboxylic acids is 1. The summed E-state index contributed by atoms with van der Waals surface area (Å²) in [6, 6.07) is 13.5. The second kappa shape index (κ2) is 5.48. The van der Waals surface area contributed by atoms with E-state index in [0.717, 1.165) is 18.5 Å². The first-order valence-electron chi connectivity index (χ1n) is 6.92. The van der Waals surface area contributed by atoms with Crippen LogP contribution in [-0.4, -0.2) is 24.2 Å². The molecule has 0 unspecified atom stereocenters. The van der Waals surface area contributed by atoms with Crippen molar-refractivity contribution in [2.24, 2.45) is 0 Å². The van der Waals surface area contributed by atoms with Crippen molar-refractivity contribution in [3.8, 4) is 5.75 Å². The summed E-state index contributed by atoms with van der Waals surface area (Å²) in [6.07, 6.45) is 1.88. The van der Waals surface area contributed by atoms with Crippen LogP contribution in [0.15, 0.2) is 42.5 Å². The van der Waals surface area contributed by atoms with Crippen LogP contribution in [0, 0.1) is 0 Å². The van der Waals surface area contributed by atoms with Gasteiger partial charge in [0.1, 0.15) is 5.75 Å². The van der Waals surface area contributed by atoms with Gasteiger partial charge in [0, 0.05) is 6.04 Å². The highest BCUT2D eigenvalue weighted by Gasteiger charge is 2.22. The Balaban J connectivity index is 1.82. The minimum absolute atomic E-state index is 0.258. The molecule has 2 N–H and O–H groups in total. The first-order chi connectivity index (χ1) is 10.2. The Morgan fingerprint density at radius 3 is 2.43 bits per heavy atom. The normalized spacial score (nSPS) is 13.8. The van der Waals surface area contributed by atoms with Gasteiger partial charge in [-0.15, -0.1) is 0 Å². The average Bonchev–Trinajstić information content (AvgIpc) is 2.89. The summed E-state index contributed by atoms with van der Waals surface area (Å²) in [5.41, 5.74) is 3.69. The summed E-state index contributed by atoms with van der Waals surface area (Å²) < 4.78 is 5.31. The van der Waals surface area contributed by atoms with E-state index < -0.39 is 5.97 Å². The lowest BCUT2D eigenvalue weighted by Gasteiger charge is -2.17. The molecule has 0 fully saturated rings. The molecular formula is C17H17NO3. The Labute approximate surface area is 123 Å². The summed E-state index contributed by atoms with van der Waals surface area (Å²) in [5.74, 6) is -0.272. The van der Waals surface area contributed by atoms with Crippen molar-refractivity contribution in [3.05, 3.63) is 59.2 Å². The highest BCUT2D eigenvalue weighted by Crippen LogP contribution is 2.30. The molecule has 1 aliphatic rings. The number of hydrogen-bond donors (Lipinski definition) is 2. The molecule has 3 rings (SSSR count). The summed E-state index contributed by atoms with van der Waals surface area (Å²) in [7, 11) is 1.59. The number of benzene rings is 2. The Morgan fingerprint density at radius 1 is 1.19 bits per heavy atom. The number of carboxylic acids is 1. The number of methoxy groups -OCH3 is 1. The molecule has 4 heteroatoms. The average molecular weight is 283 g/mol. The van der Waals surface area contributed by atoms with E-state index in [-0.39, 0.29) is 11.6 Å². The first kappa shape index (κ1) is 13.5. The SMILES string of the molecule is COc1ccc(C(=O)O)cc1NC1Cc2ccccc2C1. The first-order valence-corrected chi connectivity index (χ1v) is 6.92. The smallest absolute Gasteiger partial charge is 0.335 e. The van der Waals surface area contributed by atoms with Crippen molar-refractivity contribution in [1.29, 1.82) is 0 Å². The molecule has 2 aromatic rings. The molecule has 108 valence electrons. The maximum atomic E-state index is 11.1. The largest absolute Gasteiger partial charge is 0.495 e. The second-order valence-electron chi connectivity index (χ2n) is 5.24. The van der Waals surface area contributed by atoms with E-state index in [2.05, 4.69) is 17.4 Å². The number of anilines is 1. The summed E-state index contributed by atoms with van der Waals surface area (Å²) >= 11 is 0. The zero-order chi connectivity index (χ0) is 14.8. The van der Waals surface area contributed by atoms with Crippen molar-refractivity contribution in [2.45, 2.75) is 18.9 Å². The maximum Gasteiger partial charge on any atom is 0.335 e. The number of carboxylic acid groups (broad SMARTS) is 1. The van der Waals surface area contributed by atoms with Crippen LogP contribution in [-0.2, 0) is 12.8 Å². The van der Waals surface area contributed by atoms with Gasteiger partial charge in [0.05, 0.1) is 18.4 Å². The van der Waals surface area contributed by atoms with Gasteiger partial charge in [-0.25, -0.2) is 4.79 Å². The fraction of sp³-hybridized carbons (Fsp3) is 0.235. The fourth-order valence-corrected chi connectivity index (χ4v) is 2.83. The topological polar surface area (TPSA) is 58.6 Å². The van der Waals surface area contributed by atoms with Gasteiger partial charge < -0.3 is 15.2 Å². The highest BCUT2D eigenvalue weighted by atomic mass is 16.5. The van der Waals surface area contributed by atoms with E-state index in [0.29, 0.717) is 5.75 Å². The van der Waals surface area contributed by atoms with Crippen LogP contribution < -0.4 is 10.1 Å². The van der Waals surface area contributed by atoms with Crippen LogP contribution in [0.25, 0.3) is 0 Å². The van der Waals surface area contributed by atoms with Crippen LogP contribution in [0.1, 0.15) is 21.5 Å². The molecule has 21 heavy (non-hydrogen) atoms. The van der Waals surface area contributed by atoms with E-state index in [1.54, 1.807) is 25.3 Å². The van der Waals surface area contributed by atoms with Crippen LogP contribution >= 0.6 is 0 Å². The Kier molecular flexibility index (Phi) is 3.52. The van der Waals surface area contributed by atoms with Gasteiger partial charge in [-0.05, 0) is 42.2 Å². The lowest BCUT2D eigenvalue weighted by Crippen LogP contribution is -2.20. The van der Waals surface area contributed by atoms with Crippen molar-refractivity contribution in [2.75, 3.05) is 12.4 Å². The molecule has 0 amide bonds. The van der Waals surface area contributed by atoms with E-state index in [1.165, 1.54) is 11.1 Å². The molecule has 0 aromatic heterocycles. The third kappa shape index (κ3) is 2.70. The van der Waals surface area contributed by atoms with Crippen molar-refractivity contribution in [3.63, 3.8) is 0 Å². The minimum atomic E-state index is -0.935. The van der Waals surface area contributed by atoms with Gasteiger partial charge >= 0.3 is 5.97 Å². The van der Waals surface area contributed by atoms with E-state index in [4.69, 9.17) is 9.84 Å². The van der Waals surface area contributed by atoms with Crippen molar-refractivity contribution in [1.82, 2.24) is 0 Å². The number of carbonyl (C=O) groups is 1. The minimum Gasteiger partial charge on any atom is -0.495 e. The Morgan fingerprint density at radius 2 is 1.86 bits per heavy atom. The van der Waals surface area contributed by atoms with Crippen LogP contribution in [0.3, 0.4) is 0 Å². The molecule has 2 aromatic carbocycles. The molecule has 0 aliphatic heterocycles. The van der Waals surface area contributed by atoms with Crippen LogP contribution in [0.5, 0.6) is 5.75 Å². The van der Waals surface area contributed by atoms with Crippen molar-refractivity contribution < 1.29 is 14.6 Å². The quantitative estimate of drug-likeness (QED) is 0.905.